The van der Waals surface area contributed by atoms with Gasteiger partial charge in [0.05, 0.1) is 6.61 Å². The van der Waals surface area contributed by atoms with Crippen LogP contribution in [0.2, 0.25) is 0 Å². The van der Waals surface area contributed by atoms with E-state index in [-0.39, 0.29) is 5.82 Å². The molecule has 1 rings (SSSR count). The molecule has 1 aromatic carbocycles. The van der Waals surface area contributed by atoms with Crippen molar-refractivity contribution in [2.75, 3.05) is 19.7 Å². The number of hydrogen-bond acceptors (Lipinski definition) is 2. The van der Waals surface area contributed by atoms with E-state index in [1.165, 1.54) is 6.07 Å². The van der Waals surface area contributed by atoms with Crippen LogP contribution in [0.1, 0.15) is 18.9 Å². The van der Waals surface area contributed by atoms with E-state index >= 15 is 0 Å². The van der Waals surface area contributed by atoms with Gasteiger partial charge in [-0.15, -0.1) is 0 Å². The molecule has 0 heterocycles. The average Bonchev–Trinajstić information content (AvgIpc) is 2.25. The molecular formula is C12H18FNO. The molecule has 0 fully saturated rings. The first-order valence-corrected chi connectivity index (χ1v) is 5.36. The third kappa shape index (κ3) is 4.91. The monoisotopic (exact) mass is 211 g/mol. The van der Waals surface area contributed by atoms with E-state index in [0.29, 0.717) is 18.8 Å². The average molecular weight is 211 g/mol. The molecular weight excluding hydrogens is 193 g/mol. The highest BCUT2D eigenvalue weighted by molar-refractivity contribution is 5.16. The summed E-state index contributed by atoms with van der Waals surface area (Å²) in [5, 5.41) is 3.20. The second-order valence-corrected chi connectivity index (χ2v) is 3.35. The van der Waals surface area contributed by atoms with Gasteiger partial charge in [0, 0.05) is 12.2 Å². The fraction of sp³-hybridized carbons (Fsp3) is 0.500. The van der Waals surface area contributed by atoms with E-state index in [9.17, 15) is 4.39 Å². The Bertz CT molecular complexity index is 278. The maximum atomic E-state index is 13.1. The summed E-state index contributed by atoms with van der Waals surface area (Å²) < 4.78 is 18.5. The molecule has 3 heteroatoms. The third-order valence-electron chi connectivity index (χ3n) is 2.11. The Morgan fingerprint density at radius 2 is 2.13 bits per heavy atom. The molecule has 15 heavy (non-hydrogen) atoms. The number of benzene rings is 1. The lowest BCUT2D eigenvalue weighted by Gasteiger charge is -2.05. The van der Waals surface area contributed by atoms with Gasteiger partial charge >= 0.3 is 0 Å². The number of nitrogens with one attached hydrogen (secondary N) is 1. The van der Waals surface area contributed by atoms with Gasteiger partial charge < -0.3 is 10.1 Å². The SMILES string of the molecule is CCNCCCOCc1ccccc1F. The van der Waals surface area contributed by atoms with Crippen LogP contribution in [-0.2, 0) is 11.3 Å². The van der Waals surface area contributed by atoms with Crippen LogP contribution in [0.3, 0.4) is 0 Å². The van der Waals surface area contributed by atoms with Crippen LogP contribution in [0.4, 0.5) is 4.39 Å². The van der Waals surface area contributed by atoms with Crippen LogP contribution in [0, 0.1) is 5.82 Å². The first kappa shape index (κ1) is 12.1. The van der Waals surface area contributed by atoms with E-state index in [2.05, 4.69) is 12.2 Å². The predicted octanol–water partition coefficient (Wildman–Crippen LogP) is 2.34. The molecule has 0 aliphatic carbocycles. The lowest BCUT2D eigenvalue weighted by Crippen LogP contribution is -2.15. The van der Waals surface area contributed by atoms with Crippen molar-refractivity contribution in [3.05, 3.63) is 35.6 Å². The molecule has 84 valence electrons. The lowest BCUT2D eigenvalue weighted by atomic mass is 10.2. The molecule has 0 aliphatic heterocycles. The summed E-state index contributed by atoms with van der Waals surface area (Å²) in [5.74, 6) is -0.191. The lowest BCUT2D eigenvalue weighted by molar-refractivity contribution is 0.116. The first-order valence-electron chi connectivity index (χ1n) is 5.36. The van der Waals surface area contributed by atoms with Crippen LogP contribution < -0.4 is 5.32 Å². The van der Waals surface area contributed by atoms with E-state index < -0.39 is 0 Å². The minimum Gasteiger partial charge on any atom is -0.377 e. The minimum atomic E-state index is -0.191. The van der Waals surface area contributed by atoms with Gasteiger partial charge in [0.1, 0.15) is 5.82 Å². The summed E-state index contributed by atoms with van der Waals surface area (Å²) in [6.07, 6.45) is 0.961. The summed E-state index contributed by atoms with van der Waals surface area (Å²) in [7, 11) is 0. The van der Waals surface area contributed by atoms with Gasteiger partial charge in [0.2, 0.25) is 0 Å². The number of ether oxygens (including phenoxy) is 1. The zero-order valence-electron chi connectivity index (χ0n) is 9.13. The van der Waals surface area contributed by atoms with E-state index in [1.54, 1.807) is 12.1 Å². The highest BCUT2D eigenvalue weighted by Crippen LogP contribution is 2.07. The maximum absolute atomic E-state index is 13.1. The molecule has 0 bridgehead atoms. The Morgan fingerprint density at radius 3 is 2.87 bits per heavy atom. The molecule has 2 nitrogen and oxygen atoms in total. The van der Waals surface area contributed by atoms with Gasteiger partial charge in [0.15, 0.2) is 0 Å². The normalized spacial score (nSPS) is 10.5. The smallest absolute Gasteiger partial charge is 0.128 e. The van der Waals surface area contributed by atoms with Crippen LogP contribution in [0.5, 0.6) is 0 Å². The molecule has 0 atom stereocenters. The molecule has 0 aliphatic rings. The highest BCUT2D eigenvalue weighted by atomic mass is 19.1. The maximum Gasteiger partial charge on any atom is 0.128 e. The third-order valence-corrected chi connectivity index (χ3v) is 2.11. The predicted molar refractivity (Wildman–Crippen MR) is 59.2 cm³/mol. The molecule has 0 amide bonds. The second kappa shape index (κ2) is 7.37. The Morgan fingerprint density at radius 1 is 1.33 bits per heavy atom. The van der Waals surface area contributed by atoms with Crippen molar-refractivity contribution in [1.82, 2.24) is 5.32 Å². The minimum absolute atomic E-state index is 0.191. The summed E-state index contributed by atoms with van der Waals surface area (Å²) in [4.78, 5) is 0. The zero-order chi connectivity index (χ0) is 10.9. The van der Waals surface area contributed by atoms with Gasteiger partial charge in [-0.3, -0.25) is 0 Å². The summed E-state index contributed by atoms with van der Waals surface area (Å²) in [5.41, 5.74) is 0.626. The largest absolute Gasteiger partial charge is 0.377 e. The molecule has 1 aromatic rings. The van der Waals surface area contributed by atoms with E-state index in [4.69, 9.17) is 4.74 Å². The Hall–Kier alpha value is -0.930. The van der Waals surface area contributed by atoms with Crippen molar-refractivity contribution in [2.24, 2.45) is 0 Å². The van der Waals surface area contributed by atoms with Gasteiger partial charge in [-0.1, -0.05) is 25.1 Å². The van der Waals surface area contributed by atoms with Crippen LogP contribution in [0.15, 0.2) is 24.3 Å². The Kier molecular flexibility index (Phi) is 5.97. The Balaban J connectivity index is 2.12. The van der Waals surface area contributed by atoms with Crippen LogP contribution >= 0.6 is 0 Å². The molecule has 0 saturated heterocycles. The number of hydrogen-bond donors (Lipinski definition) is 1. The van der Waals surface area contributed by atoms with Gasteiger partial charge in [-0.05, 0) is 25.6 Å². The van der Waals surface area contributed by atoms with Crippen molar-refractivity contribution < 1.29 is 9.13 Å². The zero-order valence-corrected chi connectivity index (χ0v) is 9.13. The second-order valence-electron chi connectivity index (χ2n) is 3.35. The van der Waals surface area contributed by atoms with E-state index in [1.807, 2.05) is 6.07 Å². The molecule has 0 saturated carbocycles. The fourth-order valence-electron chi connectivity index (χ4n) is 1.27. The molecule has 0 unspecified atom stereocenters. The van der Waals surface area contributed by atoms with E-state index in [0.717, 1.165) is 19.5 Å². The van der Waals surface area contributed by atoms with Crippen molar-refractivity contribution in [2.45, 2.75) is 20.0 Å². The number of rotatable bonds is 7. The molecule has 0 aromatic heterocycles. The number of halogens is 1. The topological polar surface area (TPSA) is 21.3 Å². The fourth-order valence-corrected chi connectivity index (χ4v) is 1.27. The molecule has 0 radical (unpaired) electrons. The van der Waals surface area contributed by atoms with Crippen molar-refractivity contribution in [3.8, 4) is 0 Å². The van der Waals surface area contributed by atoms with Crippen LogP contribution in [-0.4, -0.2) is 19.7 Å². The van der Waals surface area contributed by atoms with Crippen LogP contribution in [0.25, 0.3) is 0 Å². The van der Waals surface area contributed by atoms with Gasteiger partial charge in [-0.25, -0.2) is 4.39 Å². The van der Waals surface area contributed by atoms with Crippen molar-refractivity contribution in [3.63, 3.8) is 0 Å². The molecule has 1 N–H and O–H groups in total. The first-order chi connectivity index (χ1) is 7.34. The Labute approximate surface area is 90.4 Å². The van der Waals surface area contributed by atoms with Gasteiger partial charge in [-0.2, -0.15) is 0 Å². The summed E-state index contributed by atoms with van der Waals surface area (Å²) in [6, 6.07) is 6.71. The van der Waals surface area contributed by atoms with Crippen molar-refractivity contribution >= 4 is 0 Å². The highest BCUT2D eigenvalue weighted by Gasteiger charge is 1.99. The molecule has 0 spiro atoms. The quantitative estimate of drug-likeness (QED) is 0.699. The summed E-state index contributed by atoms with van der Waals surface area (Å²) in [6.45, 7) is 5.03. The van der Waals surface area contributed by atoms with Gasteiger partial charge in [0.25, 0.3) is 0 Å². The summed E-state index contributed by atoms with van der Waals surface area (Å²) >= 11 is 0. The van der Waals surface area contributed by atoms with Crippen molar-refractivity contribution in [1.29, 1.82) is 0 Å². The standard InChI is InChI=1S/C12H18FNO/c1-2-14-8-5-9-15-10-11-6-3-4-7-12(11)13/h3-4,6-7,14H,2,5,8-10H2,1H3.